The van der Waals surface area contributed by atoms with Crippen LogP contribution in [-0.4, -0.2) is 59.1 Å². The molecule has 308 valence electrons. The maximum atomic E-state index is 13.4. The van der Waals surface area contributed by atoms with Crippen LogP contribution in [-0.2, 0) is 24.1 Å². The fraction of sp³-hybridized carbons (Fsp3) is 0.292. The first kappa shape index (κ1) is 41.9. The summed E-state index contributed by atoms with van der Waals surface area (Å²) in [6.45, 7) is 8.62. The molecule has 2 N–H and O–H groups in total. The number of likely N-dealkylation sites (N-methyl/N-ethyl adjacent to an activating group) is 1. The summed E-state index contributed by atoms with van der Waals surface area (Å²) in [6, 6.07) is 25.9. The monoisotopic (exact) mass is 813 g/mol. The second-order valence-corrected chi connectivity index (χ2v) is 15.5. The number of nitrogens with zero attached hydrogens (tertiary/aromatic N) is 3. The van der Waals surface area contributed by atoms with Gasteiger partial charge in [0.1, 0.15) is 17.8 Å². The van der Waals surface area contributed by atoms with Crippen LogP contribution < -0.4 is 15.4 Å². The summed E-state index contributed by atoms with van der Waals surface area (Å²) in [5.74, 6) is 7.42. The van der Waals surface area contributed by atoms with Crippen LogP contribution in [0.25, 0.3) is 10.8 Å². The molecule has 2 fully saturated rings. The van der Waals surface area contributed by atoms with Crippen LogP contribution in [0.5, 0.6) is 11.5 Å². The molecular formula is C48H46F3N5O4. The van der Waals surface area contributed by atoms with Crippen LogP contribution in [0.1, 0.15) is 87.4 Å². The second-order valence-electron chi connectivity index (χ2n) is 15.5. The molecule has 60 heavy (non-hydrogen) atoms. The van der Waals surface area contributed by atoms with Crippen molar-refractivity contribution >= 4 is 28.9 Å². The first-order valence-electron chi connectivity index (χ1n) is 20.0. The summed E-state index contributed by atoms with van der Waals surface area (Å²) in [5, 5.41) is 7.35. The lowest BCUT2D eigenvalue weighted by Gasteiger charge is -2.31. The minimum absolute atomic E-state index is 0.0700. The number of allylic oxidation sites excluding steroid dienone is 1. The van der Waals surface area contributed by atoms with Gasteiger partial charge in [0.05, 0.1) is 29.0 Å². The van der Waals surface area contributed by atoms with Crippen molar-refractivity contribution in [3.63, 3.8) is 0 Å². The molecule has 2 amide bonds. The van der Waals surface area contributed by atoms with Crippen molar-refractivity contribution in [2.75, 3.05) is 20.1 Å². The number of nitrogens with one attached hydrogen (secondary N) is 2. The van der Waals surface area contributed by atoms with E-state index in [2.05, 4.69) is 34.0 Å². The number of pyridine rings is 1. The predicted octanol–water partition coefficient (Wildman–Crippen LogP) is 8.84. The van der Waals surface area contributed by atoms with Crippen molar-refractivity contribution in [3.05, 3.63) is 149 Å². The molecule has 3 heterocycles. The van der Waals surface area contributed by atoms with Gasteiger partial charge in [0.2, 0.25) is 5.91 Å². The number of hydrogen-bond acceptors (Lipinski definition) is 7. The number of ether oxygens (including phenoxy) is 1. The van der Waals surface area contributed by atoms with Gasteiger partial charge in [-0.25, -0.2) is 0 Å². The number of aromatic nitrogens is 1. The van der Waals surface area contributed by atoms with Crippen LogP contribution in [0.3, 0.4) is 0 Å². The number of fused-ring (bicyclic) bond motifs is 1. The zero-order valence-corrected chi connectivity index (χ0v) is 33.5. The second kappa shape index (κ2) is 18.3. The number of carbonyl (C=O) groups is 3. The van der Waals surface area contributed by atoms with Gasteiger partial charge in [-0.2, -0.15) is 13.2 Å². The number of aldehydes is 1. The topological polar surface area (TPSA) is 104 Å². The van der Waals surface area contributed by atoms with Gasteiger partial charge in [-0.3, -0.25) is 29.2 Å². The number of piperidine rings is 2. The van der Waals surface area contributed by atoms with Crippen LogP contribution in [0.2, 0.25) is 0 Å². The highest BCUT2D eigenvalue weighted by molar-refractivity contribution is 6.00. The molecule has 7 rings (SSSR count). The third kappa shape index (κ3) is 10.3. The number of alkyl halides is 3. The molecule has 0 radical (unpaired) electrons. The SMILES string of the molecule is C=C1CCC(N(C)Cc2cc(C#CC3CCN(Cc4cccc(C(C)NC(=O)c5ccc6c(Oc7ccc(C(F)(F)F)cc7)cccc6c5)n4)CC3)ccc2C=O)C(=O)N1. The Bertz CT molecular complexity index is 2470. The van der Waals surface area contributed by atoms with E-state index in [9.17, 15) is 27.6 Å². The highest BCUT2D eigenvalue weighted by Crippen LogP contribution is 2.34. The molecule has 0 aliphatic carbocycles. The number of hydrogen-bond donors (Lipinski definition) is 2. The number of carbonyl (C=O) groups excluding carboxylic acids is 3. The van der Waals surface area contributed by atoms with Gasteiger partial charge in [0.15, 0.2) is 0 Å². The number of likely N-dealkylation sites (tertiary alicyclic amines) is 1. The van der Waals surface area contributed by atoms with Crippen LogP contribution in [0.15, 0.2) is 109 Å². The van der Waals surface area contributed by atoms with E-state index in [1.807, 2.05) is 55.3 Å². The van der Waals surface area contributed by atoms with Gasteiger partial charge in [0, 0.05) is 46.8 Å². The molecule has 2 unspecified atom stereocenters. The smallest absolute Gasteiger partial charge is 0.416 e. The van der Waals surface area contributed by atoms with E-state index in [0.717, 1.165) is 84.4 Å². The van der Waals surface area contributed by atoms with Gasteiger partial charge in [-0.1, -0.05) is 42.7 Å². The van der Waals surface area contributed by atoms with Crippen molar-refractivity contribution in [1.82, 2.24) is 25.4 Å². The predicted molar refractivity (Wildman–Crippen MR) is 224 cm³/mol. The van der Waals surface area contributed by atoms with Crippen molar-refractivity contribution < 1.29 is 32.3 Å². The van der Waals surface area contributed by atoms with Crippen molar-refractivity contribution in [2.45, 2.75) is 64.0 Å². The van der Waals surface area contributed by atoms with Gasteiger partial charge >= 0.3 is 6.18 Å². The minimum atomic E-state index is -4.43. The third-order valence-corrected chi connectivity index (χ3v) is 11.1. The van der Waals surface area contributed by atoms with Gasteiger partial charge in [-0.15, -0.1) is 0 Å². The lowest BCUT2D eigenvalue weighted by molar-refractivity contribution is -0.137. The molecular weight excluding hydrogens is 768 g/mol. The Labute approximate surface area is 347 Å². The molecule has 12 heteroatoms. The summed E-state index contributed by atoms with van der Waals surface area (Å²) in [6.07, 6.45) is -0.343. The minimum Gasteiger partial charge on any atom is -0.457 e. The van der Waals surface area contributed by atoms with Gasteiger partial charge < -0.3 is 15.4 Å². The first-order valence-corrected chi connectivity index (χ1v) is 20.0. The fourth-order valence-electron chi connectivity index (χ4n) is 7.65. The molecule has 2 atom stereocenters. The van der Waals surface area contributed by atoms with Crippen molar-refractivity contribution in [1.29, 1.82) is 0 Å². The molecule has 4 aromatic carbocycles. The molecule has 0 bridgehead atoms. The Kier molecular flexibility index (Phi) is 12.8. The average Bonchev–Trinajstić information content (AvgIpc) is 3.23. The van der Waals surface area contributed by atoms with E-state index >= 15 is 0 Å². The quantitative estimate of drug-likeness (QED) is 0.102. The normalized spacial score (nSPS) is 16.8. The van der Waals surface area contributed by atoms with E-state index in [-0.39, 0.29) is 35.6 Å². The Balaban J connectivity index is 0.914. The Hall–Kier alpha value is -6.29. The fourth-order valence-corrected chi connectivity index (χ4v) is 7.65. The van der Waals surface area contributed by atoms with Crippen molar-refractivity contribution in [3.8, 4) is 23.3 Å². The number of rotatable bonds is 11. The van der Waals surface area contributed by atoms with Gasteiger partial charge in [-0.05, 0) is 136 Å². The van der Waals surface area contributed by atoms with Crippen LogP contribution in [0, 0.1) is 17.8 Å². The van der Waals surface area contributed by atoms with E-state index in [1.54, 1.807) is 36.4 Å². The molecule has 0 saturated carbocycles. The largest absolute Gasteiger partial charge is 0.457 e. The lowest BCUT2D eigenvalue weighted by atomic mass is 9.96. The number of benzene rings is 4. The third-order valence-electron chi connectivity index (χ3n) is 11.1. The Morgan fingerprint density at radius 1 is 1.03 bits per heavy atom. The van der Waals surface area contributed by atoms with Crippen LogP contribution >= 0.6 is 0 Å². The highest BCUT2D eigenvalue weighted by atomic mass is 19.4. The zero-order valence-electron chi connectivity index (χ0n) is 33.5. The van der Waals surface area contributed by atoms with Crippen LogP contribution in [0.4, 0.5) is 13.2 Å². The zero-order chi connectivity index (χ0) is 42.4. The molecule has 1 aromatic heterocycles. The summed E-state index contributed by atoms with van der Waals surface area (Å²) < 4.78 is 44.9. The lowest BCUT2D eigenvalue weighted by Crippen LogP contribution is -2.47. The summed E-state index contributed by atoms with van der Waals surface area (Å²) in [5.41, 5.74) is 4.36. The molecule has 2 aliphatic rings. The van der Waals surface area contributed by atoms with Gasteiger partial charge in [0.25, 0.3) is 5.91 Å². The summed E-state index contributed by atoms with van der Waals surface area (Å²) >= 11 is 0. The highest BCUT2D eigenvalue weighted by Gasteiger charge is 2.30. The summed E-state index contributed by atoms with van der Waals surface area (Å²) in [7, 11) is 1.89. The standard InChI is InChI=1S/C48H46F3N5O4/c1-31-10-21-44(47(59)52-31)55(3)28-38-26-34(13-14-37(38)30-57)12-11-33-22-24-56(25-23-33)29-40-7-5-8-43(54-40)32(2)53-46(58)36-15-20-42-35(27-36)6-4-9-45(42)60-41-18-16-39(17-19-41)48(49,50)51/h4-9,13-20,26-27,30,32-33,44H,1,10,21-25,28-29H2,2-3H3,(H,52,59)(H,53,58). The van der Waals surface area contributed by atoms with E-state index in [4.69, 9.17) is 9.72 Å². The molecule has 2 aliphatic heterocycles. The molecule has 2 saturated heterocycles. The number of amides is 2. The average molecular weight is 814 g/mol. The molecule has 0 spiro atoms. The number of halogens is 3. The maximum Gasteiger partial charge on any atom is 0.416 e. The Morgan fingerprint density at radius 3 is 2.53 bits per heavy atom. The van der Waals surface area contributed by atoms with E-state index in [1.165, 1.54) is 12.1 Å². The molecule has 5 aromatic rings. The Morgan fingerprint density at radius 2 is 1.80 bits per heavy atom. The maximum absolute atomic E-state index is 13.4. The molecule has 9 nitrogen and oxygen atoms in total. The summed E-state index contributed by atoms with van der Waals surface area (Å²) in [4.78, 5) is 47.0. The van der Waals surface area contributed by atoms with E-state index < -0.39 is 11.7 Å². The first-order chi connectivity index (χ1) is 28.8. The van der Waals surface area contributed by atoms with Crippen molar-refractivity contribution in [2.24, 2.45) is 5.92 Å². The van der Waals surface area contributed by atoms with E-state index in [0.29, 0.717) is 41.8 Å².